The Morgan fingerprint density at radius 2 is 1.82 bits per heavy atom. The van der Waals surface area contributed by atoms with Crippen LogP contribution in [0.25, 0.3) is 0 Å². The molecule has 4 rings (SSSR count). The van der Waals surface area contributed by atoms with Crippen LogP contribution in [0.2, 0.25) is 0 Å². The van der Waals surface area contributed by atoms with E-state index < -0.39 is 11.6 Å². The minimum atomic E-state index is -0.634. The van der Waals surface area contributed by atoms with Crippen molar-refractivity contribution in [1.82, 2.24) is 4.98 Å². The fourth-order valence-electron chi connectivity index (χ4n) is 3.65. The molecule has 3 aromatic rings. The van der Waals surface area contributed by atoms with Crippen LogP contribution in [0.1, 0.15) is 35.0 Å². The summed E-state index contributed by atoms with van der Waals surface area (Å²) in [6.45, 7) is 3.93. The van der Waals surface area contributed by atoms with Gasteiger partial charge in [-0.3, -0.25) is 4.99 Å². The lowest BCUT2D eigenvalue weighted by Crippen LogP contribution is -2.35. The molecule has 8 nitrogen and oxygen atoms in total. The van der Waals surface area contributed by atoms with Crippen molar-refractivity contribution in [3.63, 3.8) is 0 Å². The smallest absolute Gasteiger partial charge is 0.339 e. The van der Waals surface area contributed by atoms with E-state index in [0.29, 0.717) is 23.4 Å². The molecule has 0 bridgehead atoms. The van der Waals surface area contributed by atoms with Crippen molar-refractivity contribution in [2.24, 2.45) is 4.99 Å². The maximum Gasteiger partial charge on any atom is 0.339 e. The third-order valence-corrected chi connectivity index (χ3v) is 5.33. The van der Waals surface area contributed by atoms with Gasteiger partial charge in [0.25, 0.3) is 0 Å². The lowest BCUT2D eigenvalue weighted by Gasteiger charge is -2.30. The number of aromatic amines is 1. The molecule has 0 aliphatic carbocycles. The number of nitrogens with one attached hydrogen (secondary N) is 3. The molecule has 2 amide bonds. The number of hydrogen-bond acceptors (Lipinski definition) is 5. The summed E-state index contributed by atoms with van der Waals surface area (Å²) in [5, 5.41) is 5.63. The molecule has 1 aliphatic rings. The number of ether oxygens (including phenoxy) is 2. The number of amides is 2. The van der Waals surface area contributed by atoms with Gasteiger partial charge in [0, 0.05) is 30.2 Å². The van der Waals surface area contributed by atoms with Gasteiger partial charge in [-0.1, -0.05) is 12.1 Å². The highest BCUT2D eigenvalue weighted by molar-refractivity contribution is 6.03. The monoisotopic (exact) mass is 458 g/mol. The van der Waals surface area contributed by atoms with E-state index in [1.165, 1.54) is 7.11 Å². The van der Waals surface area contributed by atoms with Crippen molar-refractivity contribution in [2.45, 2.75) is 25.9 Å². The molecule has 34 heavy (non-hydrogen) atoms. The van der Waals surface area contributed by atoms with E-state index in [9.17, 15) is 9.59 Å². The summed E-state index contributed by atoms with van der Waals surface area (Å²) in [5.41, 5.74) is 3.75. The van der Waals surface area contributed by atoms with Gasteiger partial charge >= 0.3 is 12.0 Å². The van der Waals surface area contributed by atoms with Crippen LogP contribution in [0.4, 0.5) is 16.2 Å². The van der Waals surface area contributed by atoms with E-state index in [1.54, 1.807) is 42.7 Å². The SMILES string of the molecule is COC(=O)c1c[nH]c(C2=NC=CC(C)(Oc3ccc(NC(=O)Nc4cccc(C)c4)cc3)C2)c1. The van der Waals surface area contributed by atoms with Gasteiger partial charge in [0.1, 0.15) is 11.4 Å². The van der Waals surface area contributed by atoms with Crippen molar-refractivity contribution in [1.29, 1.82) is 0 Å². The molecule has 2 heterocycles. The summed E-state index contributed by atoms with van der Waals surface area (Å²) in [5.74, 6) is 0.245. The van der Waals surface area contributed by atoms with Crippen LogP contribution < -0.4 is 15.4 Å². The Bertz CT molecular complexity index is 1260. The van der Waals surface area contributed by atoms with Crippen LogP contribution in [0, 0.1) is 6.92 Å². The summed E-state index contributed by atoms with van der Waals surface area (Å²) in [6, 6.07) is 16.2. The zero-order valence-electron chi connectivity index (χ0n) is 19.2. The van der Waals surface area contributed by atoms with E-state index in [0.717, 1.165) is 22.7 Å². The predicted octanol–water partition coefficient (Wildman–Crippen LogP) is 5.30. The molecule has 1 unspecified atom stereocenters. The molecule has 0 fully saturated rings. The Morgan fingerprint density at radius 3 is 2.56 bits per heavy atom. The van der Waals surface area contributed by atoms with Gasteiger partial charge in [0.05, 0.1) is 24.1 Å². The first-order valence-electron chi connectivity index (χ1n) is 10.8. The van der Waals surface area contributed by atoms with E-state index in [2.05, 4.69) is 20.6 Å². The third-order valence-electron chi connectivity index (χ3n) is 5.33. The van der Waals surface area contributed by atoms with Crippen LogP contribution in [-0.4, -0.2) is 35.4 Å². The number of carbonyl (C=O) groups is 2. The van der Waals surface area contributed by atoms with E-state index >= 15 is 0 Å². The summed E-state index contributed by atoms with van der Waals surface area (Å²) < 4.78 is 11.0. The Labute approximate surface area is 197 Å². The number of rotatable bonds is 6. The fourth-order valence-corrected chi connectivity index (χ4v) is 3.65. The average molecular weight is 459 g/mol. The van der Waals surface area contributed by atoms with Crippen LogP contribution >= 0.6 is 0 Å². The molecule has 1 aliphatic heterocycles. The maximum absolute atomic E-state index is 12.3. The van der Waals surface area contributed by atoms with Gasteiger partial charge in [0.15, 0.2) is 0 Å². The molecule has 1 aromatic heterocycles. The van der Waals surface area contributed by atoms with Gasteiger partial charge in [-0.25, -0.2) is 9.59 Å². The highest BCUT2D eigenvalue weighted by Crippen LogP contribution is 2.28. The summed E-state index contributed by atoms with van der Waals surface area (Å²) in [4.78, 5) is 31.5. The van der Waals surface area contributed by atoms with Crippen molar-refractivity contribution in [3.8, 4) is 5.75 Å². The fraction of sp³-hybridized carbons (Fsp3) is 0.192. The zero-order chi connectivity index (χ0) is 24.1. The summed E-state index contributed by atoms with van der Waals surface area (Å²) in [7, 11) is 1.35. The average Bonchev–Trinajstić information content (AvgIpc) is 3.30. The van der Waals surface area contributed by atoms with Crippen LogP contribution in [0.3, 0.4) is 0 Å². The van der Waals surface area contributed by atoms with Gasteiger partial charge in [-0.15, -0.1) is 0 Å². The molecule has 8 heteroatoms. The normalized spacial score (nSPS) is 17.0. The number of anilines is 2. The second-order valence-corrected chi connectivity index (χ2v) is 8.25. The molecular weight excluding hydrogens is 432 g/mol. The first kappa shape index (κ1) is 22.8. The molecule has 0 saturated carbocycles. The lowest BCUT2D eigenvalue weighted by molar-refractivity contribution is 0.0601. The van der Waals surface area contributed by atoms with Gasteiger partial charge in [-0.05, 0) is 68.0 Å². The van der Waals surface area contributed by atoms with Crippen LogP contribution in [0.15, 0.2) is 78.1 Å². The summed E-state index contributed by atoms with van der Waals surface area (Å²) in [6.07, 6.45) is 5.69. The molecule has 2 aromatic carbocycles. The van der Waals surface area contributed by atoms with Gasteiger partial charge < -0.3 is 25.1 Å². The number of nitrogens with zero attached hydrogens (tertiary/aromatic N) is 1. The number of hydrogen-bond donors (Lipinski definition) is 3. The first-order chi connectivity index (χ1) is 16.3. The van der Waals surface area contributed by atoms with Crippen molar-refractivity contribution in [3.05, 3.63) is 89.9 Å². The minimum Gasteiger partial charge on any atom is -0.483 e. The van der Waals surface area contributed by atoms with Crippen molar-refractivity contribution < 1.29 is 19.1 Å². The molecule has 0 spiro atoms. The molecular formula is C26H26N4O4. The Hall–Kier alpha value is -4.33. The second kappa shape index (κ2) is 9.66. The molecule has 174 valence electrons. The standard InChI is InChI=1S/C26H26N4O4/c1-17-5-4-6-20(13-17)30-25(32)29-19-7-9-21(10-8-19)34-26(2)11-12-27-23(15-26)22-14-18(16-28-22)24(31)33-3/h4-14,16,28H,15H2,1-3H3,(H2,29,30,32). The van der Waals surface area contributed by atoms with Crippen LogP contribution in [-0.2, 0) is 4.74 Å². The number of benzene rings is 2. The number of aryl methyl sites for hydroxylation is 1. The number of esters is 1. The molecule has 0 radical (unpaired) electrons. The largest absolute Gasteiger partial charge is 0.483 e. The quantitative estimate of drug-likeness (QED) is 0.436. The van der Waals surface area contributed by atoms with E-state index in [-0.39, 0.29) is 6.03 Å². The highest BCUT2D eigenvalue weighted by Gasteiger charge is 2.29. The molecule has 0 saturated heterocycles. The Balaban J connectivity index is 1.36. The number of aromatic nitrogens is 1. The topological polar surface area (TPSA) is 105 Å². The molecule has 1 atom stereocenters. The predicted molar refractivity (Wildman–Crippen MR) is 132 cm³/mol. The first-order valence-corrected chi connectivity index (χ1v) is 10.8. The molecule has 3 N–H and O–H groups in total. The van der Waals surface area contributed by atoms with Gasteiger partial charge in [0.2, 0.25) is 0 Å². The minimum absolute atomic E-state index is 0.320. The highest BCUT2D eigenvalue weighted by atomic mass is 16.5. The number of H-pyrrole nitrogens is 1. The van der Waals surface area contributed by atoms with Gasteiger partial charge in [-0.2, -0.15) is 0 Å². The van der Waals surface area contributed by atoms with E-state index in [1.807, 2.05) is 44.2 Å². The number of methoxy groups -OCH3 is 1. The summed E-state index contributed by atoms with van der Waals surface area (Å²) >= 11 is 0. The Morgan fingerprint density at radius 1 is 1.06 bits per heavy atom. The maximum atomic E-state index is 12.3. The second-order valence-electron chi connectivity index (χ2n) is 8.25. The number of aliphatic imine (C=N–C) groups is 1. The third kappa shape index (κ3) is 5.53. The van der Waals surface area contributed by atoms with Crippen molar-refractivity contribution >= 4 is 29.1 Å². The van der Waals surface area contributed by atoms with Crippen LogP contribution in [0.5, 0.6) is 5.75 Å². The Kier molecular flexibility index (Phi) is 6.49. The number of carbonyl (C=O) groups excluding carboxylic acids is 2. The zero-order valence-corrected chi connectivity index (χ0v) is 19.2. The number of urea groups is 1. The van der Waals surface area contributed by atoms with E-state index in [4.69, 9.17) is 9.47 Å². The van der Waals surface area contributed by atoms with Crippen molar-refractivity contribution in [2.75, 3.05) is 17.7 Å². The lowest BCUT2D eigenvalue weighted by atomic mass is 9.94.